The van der Waals surface area contributed by atoms with Crippen LogP contribution in [0.25, 0.3) is 11.1 Å². The molecular weight excluding hydrogens is 419 g/mol. The molecule has 8 heteroatoms. The van der Waals surface area contributed by atoms with Gasteiger partial charge in [0.05, 0.1) is 18.5 Å². The van der Waals surface area contributed by atoms with Gasteiger partial charge in [-0.1, -0.05) is 12.1 Å². The lowest BCUT2D eigenvalue weighted by atomic mass is 9.93. The minimum absolute atomic E-state index is 0.114. The topological polar surface area (TPSA) is 76.7 Å². The molecule has 2 aromatic carbocycles. The molecule has 0 saturated carbocycles. The van der Waals surface area contributed by atoms with Gasteiger partial charge in [0, 0.05) is 11.1 Å². The minimum atomic E-state index is -0.810. The first-order chi connectivity index (χ1) is 14.8. The highest BCUT2D eigenvalue weighted by Gasteiger charge is 2.35. The van der Waals surface area contributed by atoms with Crippen LogP contribution in [0.2, 0.25) is 0 Å². The maximum Gasteiger partial charge on any atom is 0.348 e. The molecule has 1 aromatic heterocycles. The monoisotopic (exact) mass is 440 g/mol. The van der Waals surface area contributed by atoms with Crippen LogP contribution in [-0.4, -0.2) is 24.5 Å². The molecule has 6 nitrogen and oxygen atoms in total. The van der Waals surface area contributed by atoms with E-state index < -0.39 is 17.3 Å². The Kier molecular flexibility index (Phi) is 5.41. The second-order valence-corrected chi connectivity index (χ2v) is 8.56. The molecular formula is C23H21FN2O4S. The van der Waals surface area contributed by atoms with E-state index in [9.17, 15) is 14.0 Å². The number of hydrogen-bond donors (Lipinski definition) is 2. The lowest BCUT2D eigenvalue weighted by Gasteiger charge is -2.34. The number of halogens is 1. The smallest absolute Gasteiger partial charge is 0.348 e. The van der Waals surface area contributed by atoms with Crippen molar-refractivity contribution in [3.05, 3.63) is 64.1 Å². The summed E-state index contributed by atoms with van der Waals surface area (Å²) < 4.78 is 25.0. The first-order valence-corrected chi connectivity index (χ1v) is 10.5. The van der Waals surface area contributed by atoms with Crippen molar-refractivity contribution in [2.75, 3.05) is 17.7 Å². The lowest BCUT2D eigenvalue weighted by molar-refractivity contribution is -0.119. The number of hydrogen-bond acceptors (Lipinski definition) is 6. The summed E-state index contributed by atoms with van der Waals surface area (Å²) in [5.74, 6) is -0.671. The van der Waals surface area contributed by atoms with Crippen molar-refractivity contribution >= 4 is 34.6 Å². The molecule has 0 fully saturated rings. The van der Waals surface area contributed by atoms with Gasteiger partial charge in [-0.2, -0.15) is 0 Å². The van der Waals surface area contributed by atoms with Crippen LogP contribution in [0, 0.1) is 5.82 Å². The van der Waals surface area contributed by atoms with Gasteiger partial charge in [-0.3, -0.25) is 4.79 Å². The number of esters is 1. The number of carbonyl (C=O) groups excluding carboxylic acids is 2. The minimum Gasteiger partial charge on any atom is -0.496 e. The molecule has 0 spiro atoms. The number of benzene rings is 2. The van der Waals surface area contributed by atoms with Crippen LogP contribution in [0.3, 0.4) is 0 Å². The molecule has 2 heterocycles. The van der Waals surface area contributed by atoms with E-state index >= 15 is 0 Å². The van der Waals surface area contributed by atoms with Crippen molar-refractivity contribution < 1.29 is 23.5 Å². The van der Waals surface area contributed by atoms with E-state index in [0.29, 0.717) is 38.7 Å². The van der Waals surface area contributed by atoms with Crippen molar-refractivity contribution in [2.45, 2.75) is 26.0 Å². The van der Waals surface area contributed by atoms with Gasteiger partial charge in [0.2, 0.25) is 5.91 Å². The first kappa shape index (κ1) is 20.9. The normalized spacial score (nSPS) is 14.3. The molecule has 2 N–H and O–H groups in total. The van der Waals surface area contributed by atoms with Gasteiger partial charge in [0.15, 0.2) is 0 Å². The zero-order chi connectivity index (χ0) is 22.2. The van der Waals surface area contributed by atoms with E-state index in [1.165, 1.54) is 36.6 Å². The SMILES string of the molecule is COc1ccc(F)cc1-c1ccc2c(c1COC(=O)c1cccs1)NC(=O)C(C)(C)N2. The Morgan fingerprint density at radius 1 is 1.16 bits per heavy atom. The number of fused-ring (bicyclic) bond motifs is 1. The molecule has 0 saturated heterocycles. The van der Waals surface area contributed by atoms with Gasteiger partial charge < -0.3 is 20.1 Å². The fourth-order valence-corrected chi connectivity index (χ4v) is 4.07. The molecule has 0 aliphatic carbocycles. The largest absolute Gasteiger partial charge is 0.496 e. The third kappa shape index (κ3) is 3.98. The fraction of sp³-hybridized carbons (Fsp3) is 0.217. The Morgan fingerprint density at radius 3 is 2.68 bits per heavy atom. The average molecular weight is 440 g/mol. The summed E-state index contributed by atoms with van der Waals surface area (Å²) in [4.78, 5) is 25.5. The fourth-order valence-electron chi connectivity index (χ4n) is 3.45. The van der Waals surface area contributed by atoms with Crippen molar-refractivity contribution in [1.29, 1.82) is 0 Å². The maximum atomic E-state index is 14.1. The Hall–Kier alpha value is -3.39. The van der Waals surface area contributed by atoms with Gasteiger partial charge >= 0.3 is 5.97 Å². The number of nitrogens with one attached hydrogen (secondary N) is 2. The average Bonchev–Trinajstić information content (AvgIpc) is 3.27. The maximum absolute atomic E-state index is 14.1. The molecule has 0 radical (unpaired) electrons. The third-order valence-electron chi connectivity index (χ3n) is 5.09. The van der Waals surface area contributed by atoms with E-state index in [2.05, 4.69) is 10.6 Å². The van der Waals surface area contributed by atoms with Crippen LogP contribution >= 0.6 is 11.3 Å². The van der Waals surface area contributed by atoms with Crippen molar-refractivity contribution in [1.82, 2.24) is 0 Å². The number of amides is 1. The second-order valence-electron chi connectivity index (χ2n) is 7.62. The van der Waals surface area contributed by atoms with Crippen molar-refractivity contribution in [3.63, 3.8) is 0 Å². The Balaban J connectivity index is 1.82. The summed E-state index contributed by atoms with van der Waals surface area (Å²) in [6, 6.07) is 11.2. The molecule has 0 unspecified atom stereocenters. The molecule has 0 atom stereocenters. The van der Waals surface area contributed by atoms with Gasteiger partial charge in [0.1, 0.15) is 28.6 Å². The molecule has 1 aliphatic rings. The zero-order valence-electron chi connectivity index (χ0n) is 17.2. The van der Waals surface area contributed by atoms with Crippen molar-refractivity contribution in [2.24, 2.45) is 0 Å². The molecule has 4 rings (SSSR count). The molecule has 31 heavy (non-hydrogen) atoms. The van der Waals surface area contributed by atoms with Crippen LogP contribution in [-0.2, 0) is 16.1 Å². The lowest BCUT2D eigenvalue weighted by Crippen LogP contribution is -2.47. The summed E-state index contributed by atoms with van der Waals surface area (Å²) in [6.45, 7) is 3.42. The Bertz CT molecular complexity index is 1160. The van der Waals surface area contributed by atoms with Gasteiger partial charge in [-0.15, -0.1) is 11.3 Å². The van der Waals surface area contributed by atoms with E-state index in [-0.39, 0.29) is 12.5 Å². The number of methoxy groups -OCH3 is 1. The number of ether oxygens (including phenoxy) is 2. The summed E-state index contributed by atoms with van der Waals surface area (Å²) in [5, 5.41) is 7.91. The van der Waals surface area contributed by atoms with E-state index in [1.807, 2.05) is 0 Å². The van der Waals surface area contributed by atoms with Crippen molar-refractivity contribution in [3.8, 4) is 16.9 Å². The van der Waals surface area contributed by atoms with E-state index in [1.54, 1.807) is 43.5 Å². The predicted molar refractivity (Wildman–Crippen MR) is 118 cm³/mol. The molecule has 1 amide bonds. The van der Waals surface area contributed by atoms with Crippen LogP contribution < -0.4 is 15.4 Å². The number of thiophene rings is 1. The van der Waals surface area contributed by atoms with Gasteiger partial charge in [0.25, 0.3) is 0 Å². The van der Waals surface area contributed by atoms with Crippen LogP contribution in [0.4, 0.5) is 15.8 Å². The highest BCUT2D eigenvalue weighted by Crippen LogP contribution is 2.42. The van der Waals surface area contributed by atoms with Crippen LogP contribution in [0.15, 0.2) is 47.8 Å². The summed E-state index contributed by atoms with van der Waals surface area (Å²) in [7, 11) is 1.50. The summed E-state index contributed by atoms with van der Waals surface area (Å²) in [5.41, 5.74) is 2.00. The quantitative estimate of drug-likeness (QED) is 0.542. The highest BCUT2D eigenvalue weighted by molar-refractivity contribution is 7.11. The number of anilines is 2. The zero-order valence-corrected chi connectivity index (χ0v) is 18.1. The van der Waals surface area contributed by atoms with E-state index in [0.717, 1.165) is 0 Å². The summed E-state index contributed by atoms with van der Waals surface area (Å²) >= 11 is 1.28. The van der Waals surface area contributed by atoms with E-state index in [4.69, 9.17) is 9.47 Å². The van der Waals surface area contributed by atoms with Gasteiger partial charge in [-0.05, 0) is 55.1 Å². The number of carbonyl (C=O) groups is 2. The highest BCUT2D eigenvalue weighted by atomic mass is 32.1. The number of rotatable bonds is 5. The molecule has 3 aromatic rings. The first-order valence-electron chi connectivity index (χ1n) is 9.60. The Labute approximate surface area is 183 Å². The molecule has 1 aliphatic heterocycles. The van der Waals surface area contributed by atoms with Crippen LogP contribution in [0.1, 0.15) is 29.1 Å². The molecule has 160 valence electrons. The second kappa shape index (κ2) is 8.03. The predicted octanol–water partition coefficient (Wildman–Crippen LogP) is 5.06. The Morgan fingerprint density at radius 2 is 1.97 bits per heavy atom. The third-order valence-corrected chi connectivity index (χ3v) is 5.94. The van der Waals surface area contributed by atoms with Crippen LogP contribution in [0.5, 0.6) is 5.75 Å². The standard InChI is InChI=1S/C23H21FN2O4S/c1-23(2)22(28)25-20-16(12-30-21(27)19-5-4-10-31-19)14(7-8-17(20)26-23)15-11-13(24)6-9-18(15)29-3/h4-11,26H,12H2,1-3H3,(H,25,28). The van der Waals surface area contributed by atoms with Gasteiger partial charge in [-0.25, -0.2) is 9.18 Å². The molecule has 0 bridgehead atoms. The summed E-state index contributed by atoms with van der Waals surface area (Å²) in [6.07, 6.45) is 0.